The summed E-state index contributed by atoms with van der Waals surface area (Å²) in [6.45, 7) is 13.1. The molecule has 1 aliphatic carbocycles. The Balaban J connectivity index is 1.75. The molecule has 2 aliphatic rings. The first-order chi connectivity index (χ1) is 10.5. The lowest BCUT2D eigenvalue weighted by molar-refractivity contribution is -0.911. The van der Waals surface area contributed by atoms with Crippen molar-refractivity contribution in [2.24, 2.45) is 23.7 Å². The fourth-order valence-electron chi connectivity index (χ4n) is 4.52. The lowest BCUT2D eigenvalue weighted by Gasteiger charge is -2.37. The first kappa shape index (κ1) is 18.2. The van der Waals surface area contributed by atoms with E-state index in [9.17, 15) is 5.11 Å². The number of nitrogens with one attached hydrogen (secondary N) is 1. The largest absolute Gasteiger partial charge is 0.385 e. The molecule has 6 atom stereocenters. The Morgan fingerprint density at radius 1 is 1.14 bits per heavy atom. The lowest BCUT2D eigenvalue weighted by atomic mass is 9.75. The topological polar surface area (TPSA) is 33.9 Å². The van der Waals surface area contributed by atoms with Gasteiger partial charge in [-0.05, 0) is 43.4 Å². The smallest absolute Gasteiger partial charge is 0.126 e. The number of aliphatic hydroxyl groups is 1. The third-order valence-electron chi connectivity index (χ3n) is 5.85. The van der Waals surface area contributed by atoms with Gasteiger partial charge < -0.3 is 14.7 Å². The second kappa shape index (κ2) is 8.65. The predicted octanol–water partition coefficient (Wildman–Crippen LogP) is 2.14. The van der Waals surface area contributed by atoms with Crippen LogP contribution in [0.3, 0.4) is 0 Å². The Kier molecular flexibility index (Phi) is 7.17. The highest BCUT2D eigenvalue weighted by Crippen LogP contribution is 2.35. The number of quaternary nitrogens is 1. The number of piperidine rings is 1. The van der Waals surface area contributed by atoms with Gasteiger partial charge in [0.2, 0.25) is 0 Å². The monoisotopic (exact) mass is 312 g/mol. The van der Waals surface area contributed by atoms with Crippen LogP contribution in [-0.4, -0.2) is 43.6 Å². The van der Waals surface area contributed by atoms with Crippen molar-refractivity contribution in [1.82, 2.24) is 0 Å². The molecule has 1 unspecified atom stereocenters. The molecule has 22 heavy (non-hydrogen) atoms. The molecule has 2 fully saturated rings. The molecule has 1 saturated carbocycles. The van der Waals surface area contributed by atoms with E-state index >= 15 is 0 Å². The first-order valence-electron chi connectivity index (χ1n) is 9.59. The van der Waals surface area contributed by atoms with Crippen molar-refractivity contribution in [3.05, 3.63) is 0 Å². The molecule has 0 bridgehead atoms. The van der Waals surface area contributed by atoms with E-state index in [4.69, 9.17) is 4.74 Å². The fraction of sp³-hybridized carbons (Fsp3) is 1.00. The van der Waals surface area contributed by atoms with Gasteiger partial charge in [-0.2, -0.15) is 0 Å². The Labute approximate surface area is 137 Å². The first-order valence-corrected chi connectivity index (χ1v) is 9.59. The van der Waals surface area contributed by atoms with Gasteiger partial charge >= 0.3 is 0 Å². The number of likely N-dealkylation sites (tertiary alicyclic amines) is 1. The Morgan fingerprint density at radius 2 is 1.91 bits per heavy atom. The molecule has 1 saturated heterocycles. The number of rotatable bonds is 6. The quantitative estimate of drug-likeness (QED) is 0.788. The van der Waals surface area contributed by atoms with E-state index in [0.717, 1.165) is 18.4 Å². The van der Waals surface area contributed by atoms with Crippen molar-refractivity contribution in [3.63, 3.8) is 0 Å². The van der Waals surface area contributed by atoms with Crippen molar-refractivity contribution in [2.75, 3.05) is 26.2 Å². The van der Waals surface area contributed by atoms with E-state index in [0.29, 0.717) is 24.5 Å². The van der Waals surface area contributed by atoms with Gasteiger partial charge in [-0.25, -0.2) is 0 Å². The molecule has 0 aromatic heterocycles. The van der Waals surface area contributed by atoms with Crippen LogP contribution in [0.1, 0.15) is 59.8 Å². The van der Waals surface area contributed by atoms with Crippen molar-refractivity contribution in [3.8, 4) is 0 Å². The van der Waals surface area contributed by atoms with E-state index in [-0.39, 0.29) is 6.10 Å². The molecule has 2 rings (SSSR count). The van der Waals surface area contributed by atoms with Gasteiger partial charge in [-0.3, -0.25) is 0 Å². The van der Waals surface area contributed by atoms with Crippen molar-refractivity contribution < 1.29 is 14.7 Å². The van der Waals surface area contributed by atoms with Gasteiger partial charge in [-0.15, -0.1) is 0 Å². The maximum atomic E-state index is 10.4. The van der Waals surface area contributed by atoms with Crippen LogP contribution in [0.4, 0.5) is 0 Å². The van der Waals surface area contributed by atoms with Crippen LogP contribution in [0.2, 0.25) is 0 Å². The Hall–Kier alpha value is -0.120. The zero-order chi connectivity index (χ0) is 16.1. The average molecular weight is 313 g/mol. The molecular weight excluding hydrogens is 274 g/mol. The van der Waals surface area contributed by atoms with E-state index in [1.807, 2.05) is 0 Å². The summed E-state index contributed by atoms with van der Waals surface area (Å²) in [6.07, 6.45) is 6.50. The zero-order valence-corrected chi connectivity index (χ0v) is 15.2. The van der Waals surface area contributed by atoms with Gasteiger partial charge in [0.05, 0.1) is 25.8 Å². The van der Waals surface area contributed by atoms with Crippen LogP contribution < -0.4 is 4.90 Å². The van der Waals surface area contributed by atoms with Crippen molar-refractivity contribution in [1.29, 1.82) is 0 Å². The van der Waals surface area contributed by atoms with Crippen molar-refractivity contribution in [2.45, 2.75) is 72.0 Å². The van der Waals surface area contributed by atoms with Crippen LogP contribution >= 0.6 is 0 Å². The van der Waals surface area contributed by atoms with E-state index in [1.165, 1.54) is 45.2 Å². The highest BCUT2D eigenvalue weighted by Gasteiger charge is 2.32. The SMILES string of the molecule is CC(C)[C@@H]1CC[C@H](C)C[C@H]1OC[C@H](O)C[NH+]1CCC[C@H](C)C1. The number of hydrogen-bond donors (Lipinski definition) is 2. The molecule has 0 spiro atoms. The summed E-state index contributed by atoms with van der Waals surface area (Å²) >= 11 is 0. The second-order valence-corrected chi connectivity index (χ2v) is 8.51. The van der Waals surface area contributed by atoms with Gasteiger partial charge in [0, 0.05) is 5.92 Å². The Morgan fingerprint density at radius 3 is 2.59 bits per heavy atom. The summed E-state index contributed by atoms with van der Waals surface area (Å²) in [5.74, 6) is 2.93. The standard InChI is InChI=1S/C19H37NO2/c1-14(2)18-8-7-15(3)10-19(18)22-13-17(21)12-20-9-5-6-16(4)11-20/h14-19,21H,5-13H2,1-4H3/p+1/t15-,16-,17+,18-,19+/m0/s1. The number of ether oxygens (including phenoxy) is 1. The summed E-state index contributed by atoms with van der Waals surface area (Å²) in [5, 5.41) is 10.4. The second-order valence-electron chi connectivity index (χ2n) is 8.51. The minimum Gasteiger partial charge on any atom is -0.385 e. The maximum Gasteiger partial charge on any atom is 0.126 e. The van der Waals surface area contributed by atoms with Crippen LogP contribution in [0.15, 0.2) is 0 Å². The van der Waals surface area contributed by atoms with Gasteiger partial charge in [0.25, 0.3) is 0 Å². The summed E-state index contributed by atoms with van der Waals surface area (Å²) in [6, 6.07) is 0. The zero-order valence-electron chi connectivity index (χ0n) is 15.2. The molecule has 1 heterocycles. The van der Waals surface area contributed by atoms with E-state index < -0.39 is 0 Å². The molecule has 1 aliphatic heterocycles. The van der Waals surface area contributed by atoms with Crippen LogP contribution in [0.25, 0.3) is 0 Å². The molecule has 0 radical (unpaired) electrons. The minimum atomic E-state index is -0.301. The fourth-order valence-corrected chi connectivity index (χ4v) is 4.52. The van der Waals surface area contributed by atoms with Crippen LogP contribution in [-0.2, 0) is 4.74 Å². The highest BCUT2D eigenvalue weighted by atomic mass is 16.5. The molecule has 3 nitrogen and oxygen atoms in total. The molecule has 3 heteroatoms. The Bertz CT molecular complexity index is 321. The summed E-state index contributed by atoms with van der Waals surface area (Å²) in [4.78, 5) is 1.56. The number of hydrogen-bond acceptors (Lipinski definition) is 2. The normalized spacial score (nSPS) is 38.2. The molecule has 0 amide bonds. The van der Waals surface area contributed by atoms with Gasteiger partial charge in [0.1, 0.15) is 12.6 Å². The van der Waals surface area contributed by atoms with Crippen molar-refractivity contribution >= 4 is 0 Å². The van der Waals surface area contributed by atoms with Crippen LogP contribution in [0.5, 0.6) is 0 Å². The molecule has 130 valence electrons. The lowest BCUT2D eigenvalue weighted by Crippen LogP contribution is -3.14. The highest BCUT2D eigenvalue weighted by molar-refractivity contribution is 4.81. The average Bonchev–Trinajstić information content (AvgIpc) is 2.45. The van der Waals surface area contributed by atoms with Gasteiger partial charge in [-0.1, -0.05) is 34.1 Å². The molecule has 2 N–H and O–H groups in total. The van der Waals surface area contributed by atoms with Gasteiger partial charge in [0.15, 0.2) is 0 Å². The maximum absolute atomic E-state index is 10.4. The summed E-state index contributed by atoms with van der Waals surface area (Å²) in [7, 11) is 0. The third-order valence-corrected chi connectivity index (χ3v) is 5.85. The summed E-state index contributed by atoms with van der Waals surface area (Å²) in [5.41, 5.74) is 0. The van der Waals surface area contributed by atoms with E-state index in [2.05, 4.69) is 27.7 Å². The number of aliphatic hydroxyl groups excluding tert-OH is 1. The molecule has 0 aromatic carbocycles. The predicted molar refractivity (Wildman–Crippen MR) is 91.1 cm³/mol. The van der Waals surface area contributed by atoms with E-state index in [1.54, 1.807) is 4.90 Å². The van der Waals surface area contributed by atoms with Crippen LogP contribution in [0, 0.1) is 23.7 Å². The summed E-state index contributed by atoms with van der Waals surface area (Å²) < 4.78 is 6.19. The molecular formula is C19H38NO2+. The third kappa shape index (κ3) is 5.50. The molecule has 0 aromatic rings. The minimum absolute atomic E-state index is 0.301.